The highest BCUT2D eigenvalue weighted by atomic mass is 16.3. The molecule has 2 aromatic rings. The Balaban J connectivity index is 1.45. The minimum atomic E-state index is -0.483. The summed E-state index contributed by atoms with van der Waals surface area (Å²) in [4.78, 5) is 26.8. The van der Waals surface area contributed by atoms with Crippen molar-refractivity contribution in [1.29, 1.82) is 0 Å². The van der Waals surface area contributed by atoms with Crippen LogP contribution in [0.5, 0.6) is 0 Å². The van der Waals surface area contributed by atoms with Crippen LogP contribution >= 0.6 is 0 Å². The van der Waals surface area contributed by atoms with E-state index < -0.39 is 6.61 Å². The molecule has 0 unspecified atom stereocenters. The van der Waals surface area contributed by atoms with Crippen LogP contribution in [-0.2, 0) is 22.6 Å². The normalized spacial score (nSPS) is 16.0. The van der Waals surface area contributed by atoms with Crippen LogP contribution in [0.25, 0.3) is 11.6 Å². The Bertz CT molecular complexity index is 1030. The second-order valence-corrected chi connectivity index (χ2v) is 8.82. The minimum Gasteiger partial charge on any atom is -0.388 e. The topological polar surface area (TPSA) is 69.6 Å². The molecule has 0 atom stereocenters. The first-order valence-electron chi connectivity index (χ1n) is 11.8. The monoisotopic (exact) mass is 444 g/mol. The maximum Gasteiger partial charge on any atom is 0.226 e. The lowest BCUT2D eigenvalue weighted by molar-refractivity contribution is -0.137. The van der Waals surface area contributed by atoms with Gasteiger partial charge in [-0.15, -0.1) is 0 Å². The summed E-state index contributed by atoms with van der Waals surface area (Å²) < 4.78 is 0. The molecule has 1 fully saturated rings. The van der Waals surface area contributed by atoms with E-state index in [1.54, 1.807) is 6.08 Å². The van der Waals surface area contributed by atoms with Crippen LogP contribution in [0.1, 0.15) is 41.5 Å². The van der Waals surface area contributed by atoms with Crippen LogP contribution in [0.15, 0.2) is 60.7 Å². The van der Waals surface area contributed by atoms with Crippen LogP contribution < -0.4 is 5.32 Å². The van der Waals surface area contributed by atoms with Crippen molar-refractivity contribution < 1.29 is 14.7 Å². The van der Waals surface area contributed by atoms with Gasteiger partial charge in [0.25, 0.3) is 0 Å². The molecule has 0 radical (unpaired) electrons. The lowest BCUT2D eigenvalue weighted by Gasteiger charge is -2.30. The van der Waals surface area contributed by atoms with Gasteiger partial charge in [-0.25, -0.2) is 0 Å². The number of ketones is 1. The van der Waals surface area contributed by atoms with Crippen molar-refractivity contribution in [3.05, 3.63) is 82.9 Å². The van der Waals surface area contributed by atoms with E-state index in [4.69, 9.17) is 5.11 Å². The van der Waals surface area contributed by atoms with Crippen LogP contribution in [0.3, 0.4) is 0 Å². The first kappa shape index (κ1) is 23.1. The Morgan fingerprint density at radius 2 is 1.82 bits per heavy atom. The molecule has 1 saturated heterocycles. The number of amides is 1. The molecule has 5 nitrogen and oxygen atoms in total. The number of carbonyl (C=O) groups excluding carboxylic acids is 2. The predicted octanol–water partition coefficient (Wildman–Crippen LogP) is 3.62. The van der Waals surface area contributed by atoms with Gasteiger partial charge in [-0.2, -0.15) is 0 Å². The van der Waals surface area contributed by atoms with Gasteiger partial charge in [0.2, 0.25) is 5.91 Å². The maximum atomic E-state index is 13.4. The van der Waals surface area contributed by atoms with Crippen LogP contribution in [0, 0.1) is 5.92 Å². The second kappa shape index (κ2) is 11.2. The Labute approximate surface area is 195 Å². The third-order valence-corrected chi connectivity index (χ3v) is 6.55. The van der Waals surface area contributed by atoms with Crippen LogP contribution in [0.2, 0.25) is 0 Å². The van der Waals surface area contributed by atoms with Crippen LogP contribution in [0.4, 0.5) is 0 Å². The van der Waals surface area contributed by atoms with Crippen molar-refractivity contribution in [2.24, 2.45) is 5.92 Å². The summed E-state index contributed by atoms with van der Waals surface area (Å²) in [5.74, 6) is 0.0179. The van der Waals surface area contributed by atoms with E-state index in [1.165, 1.54) is 22.8 Å². The number of piperidine rings is 1. The van der Waals surface area contributed by atoms with E-state index in [1.807, 2.05) is 29.2 Å². The fourth-order valence-corrected chi connectivity index (χ4v) is 4.64. The van der Waals surface area contributed by atoms with Gasteiger partial charge >= 0.3 is 0 Å². The molecule has 1 amide bonds. The molecule has 33 heavy (non-hydrogen) atoms. The number of nitrogens with one attached hydrogen (secondary N) is 1. The molecular formula is C28H32N2O3. The summed E-state index contributed by atoms with van der Waals surface area (Å²) in [6.45, 7) is 2.60. The molecule has 2 N–H and O–H groups in total. The van der Waals surface area contributed by atoms with Crippen molar-refractivity contribution in [3.63, 3.8) is 0 Å². The van der Waals surface area contributed by atoms with Gasteiger partial charge in [-0.3, -0.25) is 9.59 Å². The van der Waals surface area contributed by atoms with E-state index in [9.17, 15) is 9.59 Å². The lowest BCUT2D eigenvalue weighted by Crippen LogP contribution is -2.41. The zero-order valence-electron chi connectivity index (χ0n) is 19.0. The highest BCUT2D eigenvalue weighted by molar-refractivity contribution is 5.94. The Morgan fingerprint density at radius 1 is 1.06 bits per heavy atom. The zero-order chi connectivity index (χ0) is 23.0. The van der Waals surface area contributed by atoms with Crippen molar-refractivity contribution in [1.82, 2.24) is 10.2 Å². The quantitative estimate of drug-likeness (QED) is 0.580. The van der Waals surface area contributed by atoms with E-state index in [2.05, 4.69) is 35.7 Å². The highest BCUT2D eigenvalue weighted by Crippen LogP contribution is 2.30. The number of aliphatic hydroxyl groups is 1. The number of aliphatic hydroxyl groups excluding tert-OH is 1. The van der Waals surface area contributed by atoms with Crippen molar-refractivity contribution in [3.8, 4) is 0 Å². The number of nitrogens with zero attached hydrogens (tertiary/aromatic N) is 1. The molecule has 172 valence electrons. The van der Waals surface area contributed by atoms with Gasteiger partial charge in [0.1, 0.15) is 6.61 Å². The van der Waals surface area contributed by atoms with Crippen molar-refractivity contribution >= 4 is 23.3 Å². The summed E-state index contributed by atoms with van der Waals surface area (Å²) >= 11 is 0. The van der Waals surface area contributed by atoms with Gasteiger partial charge in [0, 0.05) is 19.0 Å². The second-order valence-electron chi connectivity index (χ2n) is 8.82. The standard InChI is InChI=1S/C28H32N2O3/c31-20-26(32)12-9-21-5-7-22(8-6-21)19-30(28(33)25-13-16-29-17-14-25)18-15-24-11-10-23-3-1-2-4-27(23)24/h1-9,11-12,25,29,31H,10,13-20H2/b12-9+. The molecule has 5 heteroatoms. The highest BCUT2D eigenvalue weighted by Gasteiger charge is 2.26. The van der Waals surface area contributed by atoms with Crippen molar-refractivity contribution in [2.45, 2.75) is 32.2 Å². The molecule has 0 saturated carbocycles. The van der Waals surface area contributed by atoms with E-state index in [0.29, 0.717) is 13.1 Å². The number of benzene rings is 2. The zero-order valence-corrected chi connectivity index (χ0v) is 19.0. The van der Waals surface area contributed by atoms with Gasteiger partial charge in [0.15, 0.2) is 5.78 Å². The summed E-state index contributed by atoms with van der Waals surface area (Å²) in [6, 6.07) is 16.4. The first-order valence-corrected chi connectivity index (χ1v) is 11.8. The molecule has 1 aliphatic carbocycles. The van der Waals surface area contributed by atoms with Crippen molar-refractivity contribution in [2.75, 3.05) is 26.2 Å². The van der Waals surface area contributed by atoms with Crippen LogP contribution in [-0.4, -0.2) is 47.9 Å². The molecule has 0 spiro atoms. The van der Waals surface area contributed by atoms with E-state index in [-0.39, 0.29) is 17.6 Å². The summed E-state index contributed by atoms with van der Waals surface area (Å²) in [5, 5.41) is 12.2. The molecule has 0 bridgehead atoms. The Hall–Kier alpha value is -3.02. The summed E-state index contributed by atoms with van der Waals surface area (Å²) in [5.41, 5.74) is 5.99. The fourth-order valence-electron chi connectivity index (χ4n) is 4.64. The third-order valence-electron chi connectivity index (χ3n) is 6.55. The third kappa shape index (κ3) is 6.06. The van der Waals surface area contributed by atoms with Gasteiger partial charge in [0.05, 0.1) is 0 Å². The average molecular weight is 445 g/mol. The smallest absolute Gasteiger partial charge is 0.226 e. The maximum absolute atomic E-state index is 13.4. The minimum absolute atomic E-state index is 0.0859. The van der Waals surface area contributed by atoms with E-state index in [0.717, 1.165) is 49.9 Å². The number of rotatable bonds is 9. The molecule has 1 heterocycles. The Morgan fingerprint density at radius 3 is 2.58 bits per heavy atom. The molecule has 0 aromatic heterocycles. The summed E-state index contributed by atoms with van der Waals surface area (Å²) in [7, 11) is 0. The van der Waals surface area contributed by atoms with Gasteiger partial charge in [-0.1, -0.05) is 60.7 Å². The number of fused-ring (bicyclic) bond motifs is 1. The van der Waals surface area contributed by atoms with Gasteiger partial charge in [-0.05, 0) is 72.7 Å². The SMILES string of the molecule is O=C(/C=C/c1ccc(CN(CCC2=CCc3ccccc32)C(=O)C2CCNCC2)cc1)CO. The predicted molar refractivity (Wildman–Crippen MR) is 131 cm³/mol. The molecule has 2 aliphatic rings. The number of allylic oxidation sites excluding steroid dienone is 1. The first-order chi connectivity index (χ1) is 16.1. The summed E-state index contributed by atoms with van der Waals surface area (Å²) in [6.07, 6.45) is 9.00. The Kier molecular flexibility index (Phi) is 7.87. The average Bonchev–Trinajstić information content (AvgIpc) is 3.29. The van der Waals surface area contributed by atoms with E-state index >= 15 is 0 Å². The fraction of sp³-hybridized carbons (Fsp3) is 0.357. The number of carbonyl (C=O) groups is 2. The molecular weight excluding hydrogens is 412 g/mol. The number of hydrogen-bond acceptors (Lipinski definition) is 4. The molecule has 2 aromatic carbocycles. The molecule has 4 rings (SSSR count). The molecule has 1 aliphatic heterocycles. The van der Waals surface area contributed by atoms with Gasteiger partial charge < -0.3 is 15.3 Å². The lowest BCUT2D eigenvalue weighted by atomic mass is 9.95. The largest absolute Gasteiger partial charge is 0.388 e. The number of hydrogen-bond donors (Lipinski definition) is 2.